The minimum atomic E-state index is -0.0827. The lowest BCUT2D eigenvalue weighted by Gasteiger charge is -2.36. The zero-order chi connectivity index (χ0) is 19.2. The van der Waals surface area contributed by atoms with Crippen molar-refractivity contribution in [1.29, 1.82) is 0 Å². The van der Waals surface area contributed by atoms with Gasteiger partial charge in [-0.1, -0.05) is 19.3 Å². The largest absolute Gasteiger partial charge is 0.355 e. The third-order valence-corrected chi connectivity index (χ3v) is 6.49. The summed E-state index contributed by atoms with van der Waals surface area (Å²) in [6, 6.07) is 4.09. The number of amides is 1. The molecular weight excluding hydrogens is 352 g/mol. The van der Waals surface area contributed by atoms with Gasteiger partial charge in [-0.2, -0.15) is 0 Å². The molecule has 3 heterocycles. The number of hydrogen-bond acceptors (Lipinski definition) is 6. The van der Waals surface area contributed by atoms with Gasteiger partial charge in [0.05, 0.1) is 0 Å². The molecule has 0 spiro atoms. The molecule has 2 aliphatic heterocycles. The van der Waals surface area contributed by atoms with E-state index in [0.717, 1.165) is 50.8 Å². The molecule has 1 aromatic heterocycles. The van der Waals surface area contributed by atoms with Gasteiger partial charge in [-0.3, -0.25) is 4.79 Å². The van der Waals surface area contributed by atoms with E-state index in [0.29, 0.717) is 11.7 Å². The van der Waals surface area contributed by atoms with Crippen LogP contribution in [0.2, 0.25) is 0 Å². The maximum atomic E-state index is 12.4. The Bertz CT molecular complexity index is 616. The van der Waals surface area contributed by atoms with Crippen molar-refractivity contribution < 1.29 is 4.79 Å². The second kappa shape index (κ2) is 9.65. The summed E-state index contributed by atoms with van der Waals surface area (Å²) in [5.41, 5.74) is 0.433. The third kappa shape index (κ3) is 5.20. The van der Waals surface area contributed by atoms with E-state index >= 15 is 0 Å². The van der Waals surface area contributed by atoms with Crippen LogP contribution in [0.1, 0.15) is 55.4 Å². The van der Waals surface area contributed by atoms with Crippen LogP contribution in [-0.2, 0) is 0 Å². The molecule has 0 unspecified atom stereocenters. The molecule has 4 rings (SSSR count). The fraction of sp³-hybridized carbons (Fsp3) is 0.762. The molecule has 1 aromatic rings. The fourth-order valence-electron chi connectivity index (χ4n) is 4.72. The van der Waals surface area contributed by atoms with Gasteiger partial charge in [-0.25, -0.2) is 0 Å². The van der Waals surface area contributed by atoms with Gasteiger partial charge in [0.15, 0.2) is 11.5 Å². The van der Waals surface area contributed by atoms with Crippen molar-refractivity contribution in [1.82, 2.24) is 25.7 Å². The Balaban J connectivity index is 1.24. The predicted molar refractivity (Wildman–Crippen MR) is 111 cm³/mol. The van der Waals surface area contributed by atoms with E-state index in [1.807, 2.05) is 12.1 Å². The van der Waals surface area contributed by atoms with Crippen molar-refractivity contribution in [3.8, 4) is 0 Å². The fourth-order valence-corrected chi connectivity index (χ4v) is 4.72. The predicted octanol–water partition coefficient (Wildman–Crippen LogP) is 1.66. The van der Waals surface area contributed by atoms with Crippen LogP contribution in [0.5, 0.6) is 0 Å². The van der Waals surface area contributed by atoms with E-state index in [1.165, 1.54) is 51.7 Å². The van der Waals surface area contributed by atoms with Crippen LogP contribution < -0.4 is 15.5 Å². The van der Waals surface area contributed by atoms with Gasteiger partial charge in [0.2, 0.25) is 0 Å². The highest BCUT2D eigenvalue weighted by molar-refractivity contribution is 5.92. The minimum absolute atomic E-state index is 0.0827. The van der Waals surface area contributed by atoms with Crippen molar-refractivity contribution >= 4 is 11.7 Å². The average Bonchev–Trinajstić information content (AvgIpc) is 2.76. The second-order valence-electron chi connectivity index (χ2n) is 8.57. The lowest BCUT2D eigenvalue weighted by Crippen LogP contribution is -2.47. The van der Waals surface area contributed by atoms with Crippen LogP contribution in [0.4, 0.5) is 5.82 Å². The van der Waals surface area contributed by atoms with Crippen LogP contribution in [0.15, 0.2) is 12.1 Å². The monoisotopic (exact) mass is 386 g/mol. The van der Waals surface area contributed by atoms with E-state index in [2.05, 4.69) is 30.6 Å². The number of nitrogens with zero attached hydrogens (tertiary/aromatic N) is 4. The lowest BCUT2D eigenvalue weighted by molar-refractivity contribution is 0.0921. The summed E-state index contributed by atoms with van der Waals surface area (Å²) in [6.07, 6.45) is 8.28. The number of nitrogens with one attached hydrogen (secondary N) is 2. The van der Waals surface area contributed by atoms with Crippen molar-refractivity contribution in [2.75, 3.05) is 50.7 Å². The number of aromatic nitrogens is 2. The Labute approximate surface area is 168 Å². The molecule has 1 amide bonds. The Morgan fingerprint density at radius 2 is 1.75 bits per heavy atom. The minimum Gasteiger partial charge on any atom is -0.355 e. The van der Waals surface area contributed by atoms with Crippen molar-refractivity contribution in [2.24, 2.45) is 5.92 Å². The van der Waals surface area contributed by atoms with Gasteiger partial charge in [0.25, 0.3) is 5.91 Å². The molecule has 1 aliphatic carbocycles. The summed E-state index contributed by atoms with van der Waals surface area (Å²) >= 11 is 0. The smallest absolute Gasteiger partial charge is 0.272 e. The summed E-state index contributed by atoms with van der Waals surface area (Å²) in [5.74, 6) is 1.60. The van der Waals surface area contributed by atoms with Gasteiger partial charge in [0, 0.05) is 51.9 Å². The molecule has 3 aliphatic rings. The molecule has 7 heteroatoms. The summed E-state index contributed by atoms with van der Waals surface area (Å²) in [7, 11) is 0. The number of carbonyl (C=O) groups is 1. The van der Waals surface area contributed by atoms with E-state index < -0.39 is 0 Å². The van der Waals surface area contributed by atoms with E-state index in [-0.39, 0.29) is 5.91 Å². The van der Waals surface area contributed by atoms with Gasteiger partial charge >= 0.3 is 0 Å². The summed E-state index contributed by atoms with van der Waals surface area (Å²) in [6.45, 7) is 7.87. The number of carbonyl (C=O) groups excluding carboxylic acids is 1. The first-order valence-electron chi connectivity index (χ1n) is 11.1. The Kier molecular flexibility index (Phi) is 6.75. The third-order valence-electron chi connectivity index (χ3n) is 6.49. The van der Waals surface area contributed by atoms with Crippen LogP contribution in [0.3, 0.4) is 0 Å². The summed E-state index contributed by atoms with van der Waals surface area (Å²) in [5, 5.41) is 15.1. The summed E-state index contributed by atoms with van der Waals surface area (Å²) in [4.78, 5) is 17.3. The van der Waals surface area contributed by atoms with E-state index in [4.69, 9.17) is 0 Å². The average molecular weight is 387 g/mol. The Morgan fingerprint density at radius 1 is 1.00 bits per heavy atom. The van der Waals surface area contributed by atoms with Crippen molar-refractivity contribution in [3.05, 3.63) is 17.8 Å². The standard InChI is InChI=1S/C21H34N6O/c28-21(23-18-4-2-1-3-5-18)19-6-7-20(25-24-19)27-12-8-17(9-13-27)16-26-14-10-22-11-15-26/h6-7,17-18,22H,1-5,8-16H2,(H,23,28). The molecular formula is C21H34N6O. The number of rotatable bonds is 5. The number of hydrogen-bond donors (Lipinski definition) is 2. The molecule has 28 heavy (non-hydrogen) atoms. The van der Waals surface area contributed by atoms with Gasteiger partial charge in [-0.15, -0.1) is 10.2 Å². The topological polar surface area (TPSA) is 73.4 Å². The quantitative estimate of drug-likeness (QED) is 0.802. The highest BCUT2D eigenvalue weighted by atomic mass is 16.2. The molecule has 154 valence electrons. The highest BCUT2D eigenvalue weighted by Gasteiger charge is 2.24. The summed E-state index contributed by atoms with van der Waals surface area (Å²) < 4.78 is 0. The Hall–Kier alpha value is -1.73. The maximum absolute atomic E-state index is 12.4. The second-order valence-corrected chi connectivity index (χ2v) is 8.57. The lowest BCUT2D eigenvalue weighted by atomic mass is 9.95. The SMILES string of the molecule is O=C(NC1CCCCC1)c1ccc(N2CCC(CN3CCNCC3)CC2)nn1. The molecule has 0 bridgehead atoms. The van der Waals surface area contributed by atoms with Crippen LogP contribution in [0, 0.1) is 5.92 Å². The van der Waals surface area contributed by atoms with Crippen LogP contribution >= 0.6 is 0 Å². The van der Waals surface area contributed by atoms with Gasteiger partial charge in [0.1, 0.15) is 0 Å². The number of piperidine rings is 1. The molecule has 2 saturated heterocycles. The van der Waals surface area contributed by atoms with Crippen molar-refractivity contribution in [3.63, 3.8) is 0 Å². The normalized spacial score (nSPS) is 22.9. The van der Waals surface area contributed by atoms with Gasteiger partial charge < -0.3 is 20.4 Å². The molecule has 1 saturated carbocycles. The maximum Gasteiger partial charge on any atom is 0.272 e. The Morgan fingerprint density at radius 3 is 2.43 bits per heavy atom. The van der Waals surface area contributed by atoms with E-state index in [1.54, 1.807) is 0 Å². The number of anilines is 1. The zero-order valence-corrected chi connectivity index (χ0v) is 16.9. The van der Waals surface area contributed by atoms with Crippen LogP contribution in [0.25, 0.3) is 0 Å². The first-order chi connectivity index (χ1) is 13.8. The van der Waals surface area contributed by atoms with Gasteiger partial charge in [-0.05, 0) is 43.7 Å². The molecule has 7 nitrogen and oxygen atoms in total. The molecule has 2 N–H and O–H groups in total. The van der Waals surface area contributed by atoms with Crippen LogP contribution in [-0.4, -0.2) is 72.9 Å². The van der Waals surface area contributed by atoms with Crippen molar-refractivity contribution in [2.45, 2.75) is 51.0 Å². The molecule has 0 atom stereocenters. The first-order valence-corrected chi connectivity index (χ1v) is 11.1. The number of piperazine rings is 1. The van der Waals surface area contributed by atoms with E-state index in [9.17, 15) is 4.79 Å². The molecule has 0 aromatic carbocycles. The highest BCUT2D eigenvalue weighted by Crippen LogP contribution is 2.23. The first kappa shape index (κ1) is 19.6. The molecule has 0 radical (unpaired) electrons. The zero-order valence-electron chi connectivity index (χ0n) is 16.9. The molecule has 3 fully saturated rings.